The summed E-state index contributed by atoms with van der Waals surface area (Å²) in [5, 5.41) is 0. The van der Waals surface area contributed by atoms with Crippen molar-refractivity contribution in [3.05, 3.63) is 41.0 Å². The van der Waals surface area contributed by atoms with Crippen molar-refractivity contribution in [2.45, 2.75) is 161 Å². The van der Waals surface area contributed by atoms with Crippen LogP contribution in [0.15, 0.2) is 35.4 Å². The molecule has 1 aromatic carbocycles. The summed E-state index contributed by atoms with van der Waals surface area (Å²) in [5.74, 6) is 0.251. The number of Topliss-reactive ketones (excluding diaryl/α,β-unsaturated/α-hetero) is 1. The van der Waals surface area contributed by atoms with Crippen molar-refractivity contribution in [1.29, 1.82) is 0 Å². The van der Waals surface area contributed by atoms with Crippen molar-refractivity contribution in [2.75, 3.05) is 18.1 Å². The van der Waals surface area contributed by atoms with Gasteiger partial charge in [0.25, 0.3) is 0 Å². The Bertz CT molecular complexity index is 1180. The van der Waals surface area contributed by atoms with Crippen LogP contribution in [0.2, 0.25) is 34.8 Å². The lowest BCUT2D eigenvalue weighted by Crippen LogP contribution is -2.58. The first-order valence-corrected chi connectivity index (χ1v) is 22.5. The van der Waals surface area contributed by atoms with Crippen molar-refractivity contribution in [2.24, 2.45) is 5.41 Å². The molecule has 44 heavy (non-hydrogen) atoms. The molecule has 0 unspecified atom stereocenters. The van der Waals surface area contributed by atoms with E-state index in [1.165, 1.54) is 11.1 Å². The minimum Gasteiger partial charge on any atom is -0.408 e. The van der Waals surface area contributed by atoms with Crippen molar-refractivity contribution in [3.8, 4) is 0 Å². The maximum Gasteiger partial charge on any atom is 0.201 e. The highest BCUT2D eigenvalue weighted by Gasteiger charge is 2.62. The van der Waals surface area contributed by atoms with Gasteiger partial charge >= 0.3 is 0 Å². The van der Waals surface area contributed by atoms with Gasteiger partial charge in [-0.2, -0.15) is 0 Å². The van der Waals surface area contributed by atoms with E-state index in [0.717, 1.165) is 55.1 Å². The number of allylic oxidation sites excluding steroid dienone is 1. The molecular formula is C37H63NO4Si2. The van der Waals surface area contributed by atoms with Gasteiger partial charge in [-0.25, -0.2) is 0 Å². The lowest BCUT2D eigenvalue weighted by atomic mass is 9.81. The number of nitrogens with zero attached hydrogens (tertiary/aromatic N) is 1. The van der Waals surface area contributed by atoms with Crippen molar-refractivity contribution >= 4 is 28.1 Å². The molecule has 0 bridgehead atoms. The van der Waals surface area contributed by atoms with Gasteiger partial charge in [0.2, 0.25) is 8.32 Å². The molecule has 4 atom stereocenters. The van der Waals surface area contributed by atoms with Crippen LogP contribution in [0, 0.1) is 5.41 Å². The fourth-order valence-electron chi connectivity index (χ4n) is 9.36. The molecule has 0 radical (unpaired) electrons. The molecule has 0 N–H and O–H groups in total. The van der Waals surface area contributed by atoms with Crippen molar-refractivity contribution in [3.63, 3.8) is 0 Å². The molecule has 3 aliphatic rings. The molecule has 5 nitrogen and oxygen atoms in total. The first-order chi connectivity index (χ1) is 20.7. The third-order valence-electron chi connectivity index (χ3n) is 12.0. The number of carbonyl (C=O) groups excluding carboxylic acids is 1. The summed E-state index contributed by atoms with van der Waals surface area (Å²) in [7, 11) is -4.27. The van der Waals surface area contributed by atoms with Gasteiger partial charge in [-0.3, -0.25) is 4.79 Å². The smallest absolute Gasteiger partial charge is 0.201 e. The molecule has 4 rings (SSSR count). The summed E-state index contributed by atoms with van der Waals surface area (Å²) in [6.07, 6.45) is 3.50. The van der Waals surface area contributed by atoms with E-state index in [1.807, 2.05) is 0 Å². The van der Waals surface area contributed by atoms with Crippen LogP contribution in [0.4, 0.5) is 5.69 Å². The van der Waals surface area contributed by atoms with Crippen molar-refractivity contribution < 1.29 is 18.4 Å². The SMILES string of the molecule is CCCCC1=C(C)C(=O)[C@](C)(CN2c3ccccc3[C@]3(O[Si](CC)(CC)CC)CCO[C@@H]23)[C@@H]1O[Si](C(C)C)(C(C)C)C(C)C. The molecule has 0 spiro atoms. The van der Waals surface area contributed by atoms with E-state index >= 15 is 0 Å². The van der Waals surface area contributed by atoms with E-state index in [0.29, 0.717) is 29.8 Å². The van der Waals surface area contributed by atoms with Crippen LogP contribution < -0.4 is 4.90 Å². The van der Waals surface area contributed by atoms with Crippen LogP contribution in [-0.4, -0.2) is 47.9 Å². The van der Waals surface area contributed by atoms with E-state index in [9.17, 15) is 4.79 Å². The molecule has 0 amide bonds. The molecule has 2 aliphatic heterocycles. The number of hydrogen-bond donors (Lipinski definition) is 0. The zero-order chi connectivity index (χ0) is 32.7. The number of rotatable bonds is 15. The minimum atomic E-state index is -2.29. The van der Waals surface area contributed by atoms with Crippen LogP contribution in [0.25, 0.3) is 0 Å². The van der Waals surface area contributed by atoms with Crippen molar-refractivity contribution in [1.82, 2.24) is 0 Å². The number of anilines is 1. The molecule has 248 valence electrons. The Morgan fingerprint density at radius 2 is 1.57 bits per heavy atom. The first kappa shape index (κ1) is 35.6. The summed E-state index contributed by atoms with van der Waals surface area (Å²) in [4.78, 5) is 17.0. The summed E-state index contributed by atoms with van der Waals surface area (Å²) < 4.78 is 21.9. The third-order valence-corrected chi connectivity index (χ3v) is 22.7. The minimum absolute atomic E-state index is 0.222. The Kier molecular flexibility index (Phi) is 10.9. The zero-order valence-electron chi connectivity index (χ0n) is 30.1. The van der Waals surface area contributed by atoms with E-state index in [-0.39, 0.29) is 18.1 Å². The van der Waals surface area contributed by atoms with E-state index in [2.05, 4.69) is 112 Å². The Labute approximate surface area is 271 Å². The number of hydrogen-bond acceptors (Lipinski definition) is 5. The van der Waals surface area contributed by atoms with Crippen LogP contribution in [-0.2, 0) is 24.0 Å². The van der Waals surface area contributed by atoms with Gasteiger partial charge in [-0.15, -0.1) is 0 Å². The summed E-state index contributed by atoms with van der Waals surface area (Å²) in [5.41, 5.74) is 4.71. The normalized spacial score (nSPS) is 27.4. The van der Waals surface area contributed by atoms with Gasteiger partial charge in [0.05, 0.1) is 18.1 Å². The monoisotopic (exact) mass is 641 g/mol. The van der Waals surface area contributed by atoms with Crippen LogP contribution >= 0.6 is 0 Å². The zero-order valence-corrected chi connectivity index (χ0v) is 32.1. The number of carbonyl (C=O) groups is 1. The second-order valence-corrected chi connectivity index (χ2v) is 25.3. The fraction of sp³-hybridized carbons (Fsp3) is 0.757. The third kappa shape index (κ3) is 5.54. The van der Waals surface area contributed by atoms with Gasteiger partial charge < -0.3 is 18.5 Å². The first-order valence-electron chi connectivity index (χ1n) is 17.8. The molecule has 7 heteroatoms. The van der Waals surface area contributed by atoms with Crippen LogP contribution in [0.5, 0.6) is 0 Å². The lowest BCUT2D eigenvalue weighted by Gasteiger charge is -2.48. The Hall–Kier alpha value is -1.26. The van der Waals surface area contributed by atoms with Crippen LogP contribution in [0.1, 0.15) is 114 Å². The maximum atomic E-state index is 14.6. The largest absolute Gasteiger partial charge is 0.408 e. The number of para-hydroxylation sites is 1. The fourth-order valence-corrected chi connectivity index (χ4v) is 18.0. The Balaban J connectivity index is 1.83. The highest BCUT2D eigenvalue weighted by atomic mass is 28.4. The molecule has 2 heterocycles. The summed E-state index contributed by atoms with van der Waals surface area (Å²) >= 11 is 0. The molecule has 0 aromatic heterocycles. The van der Waals surface area contributed by atoms with E-state index in [4.69, 9.17) is 13.6 Å². The van der Waals surface area contributed by atoms with Gasteiger partial charge in [-0.05, 0) is 78.7 Å². The topological polar surface area (TPSA) is 48.0 Å². The average molecular weight is 642 g/mol. The lowest BCUT2D eigenvalue weighted by molar-refractivity contribution is -0.126. The Morgan fingerprint density at radius 1 is 0.977 bits per heavy atom. The second kappa shape index (κ2) is 13.5. The highest BCUT2D eigenvalue weighted by molar-refractivity contribution is 6.77. The highest BCUT2D eigenvalue weighted by Crippen LogP contribution is 2.57. The molecule has 1 aliphatic carbocycles. The van der Waals surface area contributed by atoms with Gasteiger partial charge in [0.15, 0.2) is 20.3 Å². The number of fused-ring (bicyclic) bond motifs is 3. The second-order valence-electron chi connectivity index (χ2n) is 15.2. The molecule has 0 saturated carbocycles. The number of benzene rings is 1. The van der Waals surface area contributed by atoms with Gasteiger partial charge in [0.1, 0.15) is 5.60 Å². The number of unbranched alkanes of at least 4 members (excludes halogenated alkanes) is 1. The standard InChI is InChI=1S/C37H63NO4Si2/c1-13-17-20-30-29(11)33(39)36(12,34(30)41-44(26(5)6,27(7)8)28(9)10)25-38-32-22-19-18-21-31(32)37(23-24-40-35(37)38)42-43(14-2,15-3)16-4/h18-19,21-22,26-28,34-35H,13-17,20,23-25H2,1-12H3/t34-,35-,36+,37-/m1/s1. The van der Waals surface area contributed by atoms with Gasteiger partial charge in [-0.1, -0.05) is 93.9 Å². The van der Waals surface area contributed by atoms with E-state index < -0.39 is 27.7 Å². The number of ketones is 1. The summed E-state index contributed by atoms with van der Waals surface area (Å²) in [6.45, 7) is 28.8. The number of ether oxygens (including phenoxy) is 1. The predicted molar refractivity (Wildman–Crippen MR) is 189 cm³/mol. The maximum absolute atomic E-state index is 14.6. The summed E-state index contributed by atoms with van der Waals surface area (Å²) in [6, 6.07) is 12.0. The quantitative estimate of drug-likeness (QED) is 0.178. The molecular weight excluding hydrogens is 579 g/mol. The predicted octanol–water partition coefficient (Wildman–Crippen LogP) is 10.1. The molecule has 1 aromatic rings. The van der Waals surface area contributed by atoms with Gasteiger partial charge in [0, 0.05) is 24.2 Å². The van der Waals surface area contributed by atoms with E-state index in [1.54, 1.807) is 0 Å². The molecule has 1 fully saturated rings. The molecule has 1 saturated heterocycles. The average Bonchev–Trinajstić information content (AvgIpc) is 3.57. The Morgan fingerprint density at radius 3 is 2.11 bits per heavy atom. The van der Waals surface area contributed by atoms with Crippen LogP contribution in [0.3, 0.4) is 0 Å².